The predicted molar refractivity (Wildman–Crippen MR) is 95.2 cm³/mol. The highest BCUT2D eigenvalue weighted by Crippen LogP contribution is 2.45. The van der Waals surface area contributed by atoms with E-state index in [9.17, 15) is 14.2 Å². The maximum atomic E-state index is 13.4. The van der Waals surface area contributed by atoms with Gasteiger partial charge in [-0.15, -0.1) is 0 Å². The Morgan fingerprint density at radius 2 is 1.33 bits per heavy atom. The topological polar surface area (TPSA) is 69.7 Å². The van der Waals surface area contributed by atoms with Crippen LogP contribution in [-0.2, 0) is 23.6 Å². The quantitative estimate of drug-likeness (QED) is 0.450. The van der Waals surface area contributed by atoms with Crippen molar-refractivity contribution in [2.75, 3.05) is 25.5 Å². The van der Waals surface area contributed by atoms with Crippen molar-refractivity contribution < 1.29 is 23.6 Å². The van der Waals surface area contributed by atoms with E-state index in [1.807, 2.05) is 32.0 Å². The number of ether oxygens (including phenoxy) is 2. The first-order valence-corrected chi connectivity index (χ1v) is 10.5. The molecule has 1 rings (SSSR count). The maximum Gasteiger partial charge on any atom is 0.306 e. The molecule has 1 aromatic rings. The molecule has 6 heteroatoms. The van der Waals surface area contributed by atoms with Crippen LogP contribution in [0.4, 0.5) is 0 Å². The summed E-state index contributed by atoms with van der Waals surface area (Å²) in [6, 6.07) is 9.05. The number of carbonyl (C=O) groups excluding carboxylic acids is 2. The molecule has 0 N–H and O–H groups in total. The van der Waals surface area contributed by atoms with Gasteiger partial charge in [-0.25, -0.2) is 0 Å². The molecule has 0 aliphatic heterocycles. The second-order valence-corrected chi connectivity index (χ2v) is 8.80. The third kappa shape index (κ3) is 7.31. The van der Waals surface area contributed by atoms with Gasteiger partial charge in [0.25, 0.3) is 0 Å². The van der Waals surface area contributed by atoms with E-state index in [1.54, 1.807) is 12.1 Å². The van der Waals surface area contributed by atoms with Crippen LogP contribution in [0.15, 0.2) is 30.3 Å². The van der Waals surface area contributed by atoms with Crippen LogP contribution in [0.2, 0.25) is 0 Å². The van der Waals surface area contributed by atoms with E-state index in [-0.39, 0.29) is 37.1 Å². The van der Waals surface area contributed by atoms with Gasteiger partial charge in [0.1, 0.15) is 7.14 Å². The Labute approximate surface area is 144 Å². The van der Waals surface area contributed by atoms with E-state index in [0.29, 0.717) is 18.5 Å². The van der Waals surface area contributed by atoms with E-state index in [0.717, 1.165) is 12.8 Å². The summed E-state index contributed by atoms with van der Waals surface area (Å²) in [4.78, 5) is 23.4. The monoisotopic (exact) mass is 354 g/mol. The first kappa shape index (κ1) is 20.4. The number of hydrogen-bond donors (Lipinski definition) is 0. The highest BCUT2D eigenvalue weighted by Gasteiger charge is 2.27. The minimum absolute atomic E-state index is 0.0934. The Morgan fingerprint density at radius 3 is 1.75 bits per heavy atom. The van der Waals surface area contributed by atoms with Gasteiger partial charge < -0.3 is 14.0 Å². The molecular formula is C18H27O5P. The molecule has 0 saturated heterocycles. The summed E-state index contributed by atoms with van der Waals surface area (Å²) in [6.07, 6.45) is 2.12. The fourth-order valence-corrected chi connectivity index (χ4v) is 4.73. The van der Waals surface area contributed by atoms with E-state index < -0.39 is 7.14 Å². The zero-order valence-corrected chi connectivity index (χ0v) is 15.4. The van der Waals surface area contributed by atoms with Gasteiger partial charge in [-0.2, -0.15) is 0 Å². The minimum atomic E-state index is -2.85. The average molecular weight is 354 g/mol. The highest BCUT2D eigenvalue weighted by atomic mass is 31.2. The van der Waals surface area contributed by atoms with Crippen LogP contribution >= 0.6 is 7.14 Å². The molecule has 1 aromatic carbocycles. The Kier molecular flexibility index (Phi) is 9.39. The molecule has 0 aromatic heterocycles. The molecule has 0 spiro atoms. The molecule has 0 radical (unpaired) electrons. The molecule has 0 saturated carbocycles. The van der Waals surface area contributed by atoms with Gasteiger partial charge in [-0.1, -0.05) is 44.2 Å². The molecule has 0 amide bonds. The third-order valence-corrected chi connectivity index (χ3v) is 6.65. The second-order valence-electron chi connectivity index (χ2n) is 5.61. The average Bonchev–Trinajstić information content (AvgIpc) is 2.62. The van der Waals surface area contributed by atoms with Crippen LogP contribution in [0.25, 0.3) is 0 Å². The lowest BCUT2D eigenvalue weighted by molar-refractivity contribution is -0.143. The third-order valence-electron chi connectivity index (χ3n) is 3.52. The summed E-state index contributed by atoms with van der Waals surface area (Å²) in [5.41, 5.74) is 0. The van der Waals surface area contributed by atoms with Crippen molar-refractivity contribution in [1.82, 2.24) is 0 Å². The fourth-order valence-electron chi connectivity index (χ4n) is 2.19. The summed E-state index contributed by atoms with van der Waals surface area (Å²) < 4.78 is 23.5. The van der Waals surface area contributed by atoms with Crippen molar-refractivity contribution in [1.29, 1.82) is 0 Å². The molecule has 24 heavy (non-hydrogen) atoms. The lowest BCUT2D eigenvalue weighted by Gasteiger charge is -2.18. The van der Waals surface area contributed by atoms with Crippen molar-refractivity contribution in [3.05, 3.63) is 30.3 Å². The summed E-state index contributed by atoms with van der Waals surface area (Å²) >= 11 is 0. The summed E-state index contributed by atoms with van der Waals surface area (Å²) in [5, 5.41) is 0.691. The van der Waals surface area contributed by atoms with E-state index in [4.69, 9.17) is 9.47 Å². The molecule has 0 atom stereocenters. The molecule has 0 fully saturated rings. The van der Waals surface area contributed by atoms with Crippen LogP contribution < -0.4 is 5.30 Å². The standard InChI is InChI=1S/C18H27O5P/c1-3-12-22-17(19)10-14-24(21,16-8-6-5-7-9-16)15-11-18(20)23-13-4-2/h5-9H,3-4,10-15H2,1-2H3. The lowest BCUT2D eigenvalue weighted by Crippen LogP contribution is -2.17. The molecule has 0 heterocycles. The van der Waals surface area contributed by atoms with Crippen LogP contribution in [0, 0.1) is 0 Å². The Balaban J connectivity index is 2.72. The number of benzene rings is 1. The van der Waals surface area contributed by atoms with Crippen molar-refractivity contribution in [2.24, 2.45) is 0 Å². The van der Waals surface area contributed by atoms with Gasteiger partial charge in [0.2, 0.25) is 0 Å². The van der Waals surface area contributed by atoms with Gasteiger partial charge in [-0.05, 0) is 12.8 Å². The van der Waals surface area contributed by atoms with Gasteiger partial charge in [0, 0.05) is 17.6 Å². The second kappa shape index (κ2) is 11.0. The maximum absolute atomic E-state index is 13.4. The van der Waals surface area contributed by atoms with E-state index in [2.05, 4.69) is 0 Å². The summed E-state index contributed by atoms with van der Waals surface area (Å²) in [6.45, 7) is 4.59. The Hall–Kier alpha value is -1.61. The van der Waals surface area contributed by atoms with E-state index >= 15 is 0 Å². The number of esters is 2. The van der Waals surface area contributed by atoms with Crippen LogP contribution in [-0.4, -0.2) is 37.5 Å². The Morgan fingerprint density at radius 1 is 0.875 bits per heavy atom. The van der Waals surface area contributed by atoms with Gasteiger partial charge in [0.15, 0.2) is 0 Å². The van der Waals surface area contributed by atoms with Crippen molar-refractivity contribution in [3.63, 3.8) is 0 Å². The smallest absolute Gasteiger partial charge is 0.306 e. The molecule has 0 aliphatic carbocycles. The molecule has 134 valence electrons. The molecule has 0 bridgehead atoms. The molecule has 0 aliphatic rings. The summed E-state index contributed by atoms with van der Waals surface area (Å²) in [7, 11) is -2.85. The normalized spacial score (nSPS) is 11.1. The number of rotatable bonds is 11. The van der Waals surface area contributed by atoms with Crippen LogP contribution in [0.5, 0.6) is 0 Å². The fraction of sp³-hybridized carbons (Fsp3) is 0.556. The zero-order valence-electron chi connectivity index (χ0n) is 14.5. The first-order valence-electron chi connectivity index (χ1n) is 8.46. The SMILES string of the molecule is CCCOC(=O)CCP(=O)(CCC(=O)OCCC)c1ccccc1. The molecule has 0 unspecified atom stereocenters. The van der Waals surface area contributed by atoms with Crippen molar-refractivity contribution >= 4 is 24.4 Å². The number of carbonyl (C=O) groups is 2. The van der Waals surface area contributed by atoms with Gasteiger partial charge in [0.05, 0.1) is 26.1 Å². The van der Waals surface area contributed by atoms with Crippen LogP contribution in [0.3, 0.4) is 0 Å². The molecular weight excluding hydrogens is 327 g/mol. The van der Waals surface area contributed by atoms with Gasteiger partial charge in [-0.3, -0.25) is 9.59 Å². The van der Waals surface area contributed by atoms with Crippen molar-refractivity contribution in [2.45, 2.75) is 39.5 Å². The zero-order chi connectivity index (χ0) is 17.8. The first-order chi connectivity index (χ1) is 11.5. The predicted octanol–water partition coefficient (Wildman–Crippen LogP) is 3.36. The van der Waals surface area contributed by atoms with Crippen LogP contribution in [0.1, 0.15) is 39.5 Å². The molecule has 5 nitrogen and oxygen atoms in total. The summed E-state index contributed by atoms with van der Waals surface area (Å²) in [5.74, 6) is -0.692. The Bertz CT molecular complexity index is 528. The van der Waals surface area contributed by atoms with E-state index in [1.165, 1.54) is 0 Å². The number of hydrogen-bond acceptors (Lipinski definition) is 5. The minimum Gasteiger partial charge on any atom is -0.466 e. The lowest BCUT2D eigenvalue weighted by atomic mass is 10.4. The van der Waals surface area contributed by atoms with Gasteiger partial charge >= 0.3 is 11.9 Å². The largest absolute Gasteiger partial charge is 0.466 e. The van der Waals surface area contributed by atoms with Crippen molar-refractivity contribution in [3.8, 4) is 0 Å². The highest BCUT2D eigenvalue weighted by molar-refractivity contribution is 7.71.